The van der Waals surface area contributed by atoms with Crippen LogP contribution >= 0.6 is 0 Å². The van der Waals surface area contributed by atoms with Crippen LogP contribution in [0.2, 0.25) is 0 Å². The molecule has 0 aromatic heterocycles. The second kappa shape index (κ2) is 4.81. The van der Waals surface area contributed by atoms with Crippen LogP contribution in [0.25, 0.3) is 0 Å². The summed E-state index contributed by atoms with van der Waals surface area (Å²) in [4.78, 5) is 2.54. The van der Waals surface area contributed by atoms with Gasteiger partial charge in [-0.05, 0) is 18.9 Å². The Morgan fingerprint density at radius 1 is 1.13 bits per heavy atom. The maximum atomic E-state index is 5.71. The first-order chi connectivity index (χ1) is 7.20. The summed E-state index contributed by atoms with van der Waals surface area (Å²) in [6, 6.07) is 0. The van der Waals surface area contributed by atoms with Crippen molar-refractivity contribution in [1.29, 1.82) is 0 Å². The van der Waals surface area contributed by atoms with E-state index in [1.165, 1.54) is 13.0 Å². The molecule has 15 heavy (non-hydrogen) atoms. The highest BCUT2D eigenvalue weighted by Gasteiger charge is 2.39. The van der Waals surface area contributed by atoms with Crippen molar-refractivity contribution >= 4 is 0 Å². The van der Waals surface area contributed by atoms with E-state index in [-0.39, 0.29) is 5.79 Å². The van der Waals surface area contributed by atoms with Crippen LogP contribution in [0.15, 0.2) is 0 Å². The fourth-order valence-corrected chi connectivity index (χ4v) is 2.34. The van der Waals surface area contributed by atoms with Gasteiger partial charge in [-0.1, -0.05) is 13.8 Å². The van der Waals surface area contributed by atoms with Crippen molar-refractivity contribution in [1.82, 2.24) is 4.90 Å². The lowest BCUT2D eigenvalue weighted by molar-refractivity contribution is -0.185. The van der Waals surface area contributed by atoms with E-state index in [4.69, 9.17) is 9.47 Å². The predicted molar refractivity (Wildman–Crippen MR) is 59.8 cm³/mol. The Balaban J connectivity index is 1.72. The van der Waals surface area contributed by atoms with Crippen LogP contribution in [0.3, 0.4) is 0 Å². The minimum atomic E-state index is -0.200. The average molecular weight is 213 g/mol. The second-order valence-corrected chi connectivity index (χ2v) is 5.13. The highest BCUT2D eigenvalue weighted by molar-refractivity contribution is 4.82. The number of likely N-dealkylation sites (tertiary alicyclic amines) is 1. The summed E-state index contributed by atoms with van der Waals surface area (Å²) in [7, 11) is 0. The molecule has 0 saturated carbocycles. The molecule has 2 fully saturated rings. The van der Waals surface area contributed by atoms with Gasteiger partial charge in [0.1, 0.15) is 0 Å². The van der Waals surface area contributed by atoms with Crippen LogP contribution in [-0.4, -0.2) is 43.5 Å². The Hall–Kier alpha value is -0.120. The van der Waals surface area contributed by atoms with Crippen molar-refractivity contribution in [2.24, 2.45) is 5.92 Å². The van der Waals surface area contributed by atoms with E-state index in [1.54, 1.807) is 0 Å². The highest BCUT2D eigenvalue weighted by atomic mass is 16.7. The van der Waals surface area contributed by atoms with Crippen molar-refractivity contribution in [3.63, 3.8) is 0 Å². The van der Waals surface area contributed by atoms with Crippen molar-refractivity contribution in [2.75, 3.05) is 32.8 Å². The van der Waals surface area contributed by atoms with Crippen molar-refractivity contribution in [2.45, 2.75) is 38.9 Å². The topological polar surface area (TPSA) is 21.7 Å². The van der Waals surface area contributed by atoms with Gasteiger partial charge in [-0.15, -0.1) is 0 Å². The number of nitrogens with zero attached hydrogens (tertiary/aromatic N) is 1. The van der Waals surface area contributed by atoms with Crippen LogP contribution in [0.4, 0.5) is 0 Å². The molecule has 2 rings (SSSR count). The molecular formula is C12H23NO2. The molecule has 0 aromatic rings. The van der Waals surface area contributed by atoms with Gasteiger partial charge in [0.15, 0.2) is 5.79 Å². The van der Waals surface area contributed by atoms with Gasteiger partial charge in [0.25, 0.3) is 0 Å². The van der Waals surface area contributed by atoms with Gasteiger partial charge in [0, 0.05) is 25.9 Å². The normalized spacial score (nSPS) is 26.6. The van der Waals surface area contributed by atoms with E-state index >= 15 is 0 Å². The number of piperidine rings is 1. The predicted octanol–water partition coefficient (Wildman–Crippen LogP) is 1.87. The minimum Gasteiger partial charge on any atom is -0.347 e. The van der Waals surface area contributed by atoms with Crippen LogP contribution < -0.4 is 0 Å². The number of hydrogen-bond acceptors (Lipinski definition) is 3. The van der Waals surface area contributed by atoms with Crippen LogP contribution in [0, 0.1) is 5.92 Å². The standard InChI is InChI=1S/C12H23NO2/c1-11(2)3-6-13-7-4-12(5-8-13)14-9-10-15-12/h11H,3-10H2,1-2H3. The fraction of sp³-hybridized carbons (Fsp3) is 1.00. The highest BCUT2D eigenvalue weighted by Crippen LogP contribution is 2.31. The van der Waals surface area contributed by atoms with E-state index in [2.05, 4.69) is 18.7 Å². The quantitative estimate of drug-likeness (QED) is 0.714. The summed E-state index contributed by atoms with van der Waals surface area (Å²) >= 11 is 0. The van der Waals surface area contributed by atoms with Gasteiger partial charge >= 0.3 is 0 Å². The Morgan fingerprint density at radius 3 is 2.27 bits per heavy atom. The van der Waals surface area contributed by atoms with Gasteiger partial charge in [0.05, 0.1) is 13.2 Å². The van der Waals surface area contributed by atoms with Gasteiger partial charge in [-0.3, -0.25) is 0 Å². The number of rotatable bonds is 3. The third-order valence-corrected chi connectivity index (χ3v) is 3.45. The Kier molecular flexibility index (Phi) is 3.65. The smallest absolute Gasteiger partial charge is 0.170 e. The van der Waals surface area contributed by atoms with E-state index in [0.29, 0.717) is 0 Å². The summed E-state index contributed by atoms with van der Waals surface area (Å²) in [5, 5.41) is 0. The van der Waals surface area contributed by atoms with Crippen molar-refractivity contribution in [3.8, 4) is 0 Å². The molecule has 3 nitrogen and oxygen atoms in total. The third-order valence-electron chi connectivity index (χ3n) is 3.45. The van der Waals surface area contributed by atoms with Crippen LogP contribution in [0.5, 0.6) is 0 Å². The molecule has 0 N–H and O–H groups in total. The first-order valence-corrected chi connectivity index (χ1v) is 6.20. The molecule has 2 heterocycles. The Morgan fingerprint density at radius 2 is 1.73 bits per heavy atom. The van der Waals surface area contributed by atoms with Crippen molar-refractivity contribution in [3.05, 3.63) is 0 Å². The summed E-state index contributed by atoms with van der Waals surface area (Å²) in [5.74, 6) is 0.605. The zero-order valence-electron chi connectivity index (χ0n) is 10.00. The second-order valence-electron chi connectivity index (χ2n) is 5.13. The minimum absolute atomic E-state index is 0.200. The van der Waals surface area contributed by atoms with E-state index < -0.39 is 0 Å². The van der Waals surface area contributed by atoms with E-state index in [0.717, 1.165) is 45.1 Å². The number of hydrogen-bond donors (Lipinski definition) is 0. The largest absolute Gasteiger partial charge is 0.347 e. The fourth-order valence-electron chi connectivity index (χ4n) is 2.34. The van der Waals surface area contributed by atoms with E-state index in [9.17, 15) is 0 Å². The zero-order chi connectivity index (χ0) is 10.7. The molecular weight excluding hydrogens is 190 g/mol. The molecule has 3 heteroatoms. The van der Waals surface area contributed by atoms with Gasteiger partial charge < -0.3 is 14.4 Å². The number of ether oxygens (including phenoxy) is 2. The average Bonchev–Trinajstić information content (AvgIpc) is 2.66. The van der Waals surface area contributed by atoms with Gasteiger partial charge in [0.2, 0.25) is 0 Å². The molecule has 0 unspecified atom stereocenters. The molecule has 2 aliphatic rings. The third kappa shape index (κ3) is 2.92. The van der Waals surface area contributed by atoms with Crippen LogP contribution in [0.1, 0.15) is 33.1 Å². The first-order valence-electron chi connectivity index (χ1n) is 6.20. The molecule has 0 aromatic carbocycles. The molecule has 0 bridgehead atoms. The van der Waals surface area contributed by atoms with Gasteiger partial charge in [-0.2, -0.15) is 0 Å². The Bertz CT molecular complexity index is 190. The molecule has 2 saturated heterocycles. The SMILES string of the molecule is CC(C)CCN1CCC2(CC1)OCCO2. The lowest BCUT2D eigenvalue weighted by Crippen LogP contribution is -2.45. The molecule has 0 atom stereocenters. The lowest BCUT2D eigenvalue weighted by atomic mass is 10.0. The maximum Gasteiger partial charge on any atom is 0.170 e. The monoisotopic (exact) mass is 213 g/mol. The summed E-state index contributed by atoms with van der Waals surface area (Å²) in [6.45, 7) is 9.63. The summed E-state index contributed by atoms with van der Waals surface area (Å²) in [6.07, 6.45) is 3.39. The first kappa shape index (κ1) is 11.4. The molecule has 2 aliphatic heterocycles. The molecule has 1 spiro atoms. The van der Waals surface area contributed by atoms with Gasteiger partial charge in [-0.25, -0.2) is 0 Å². The molecule has 0 amide bonds. The summed E-state index contributed by atoms with van der Waals surface area (Å²) in [5.41, 5.74) is 0. The Labute approximate surface area is 92.7 Å². The maximum absolute atomic E-state index is 5.71. The summed E-state index contributed by atoms with van der Waals surface area (Å²) < 4.78 is 11.4. The van der Waals surface area contributed by atoms with Crippen molar-refractivity contribution < 1.29 is 9.47 Å². The molecule has 88 valence electrons. The molecule has 0 aliphatic carbocycles. The molecule has 0 radical (unpaired) electrons. The zero-order valence-corrected chi connectivity index (χ0v) is 10.00. The van der Waals surface area contributed by atoms with E-state index in [1.807, 2.05) is 0 Å². The lowest BCUT2D eigenvalue weighted by Gasteiger charge is -2.37. The van der Waals surface area contributed by atoms with Crippen LogP contribution in [-0.2, 0) is 9.47 Å².